The van der Waals surface area contributed by atoms with E-state index in [2.05, 4.69) is 90.4 Å². The normalized spacial score (nSPS) is 21.1. The van der Waals surface area contributed by atoms with Gasteiger partial charge in [-0.3, -0.25) is 24.4 Å². The van der Waals surface area contributed by atoms with Crippen molar-refractivity contribution >= 4 is 40.4 Å². The smallest absolute Gasteiger partial charge is 0.324 e. The molecule has 0 radical (unpaired) electrons. The molecule has 314 valence electrons. The summed E-state index contributed by atoms with van der Waals surface area (Å²) in [5, 5.41) is 5.60. The number of nitrogens with one attached hydrogen (secondary N) is 2. The molecule has 2 saturated heterocycles. The number of aromatic nitrogens is 2. The maximum absolute atomic E-state index is 13.8. The summed E-state index contributed by atoms with van der Waals surface area (Å²) < 4.78 is 14.4. The molecule has 1 aliphatic carbocycles. The lowest BCUT2D eigenvalue weighted by molar-refractivity contribution is -0.155. The topological polar surface area (TPSA) is 121 Å². The number of esters is 1. The van der Waals surface area contributed by atoms with Crippen LogP contribution in [0.2, 0.25) is 0 Å². The molecule has 1 aromatic carbocycles. The standard InChI is InChI=1S/C46H65N7O5/c1-10-13-15-38(48-43(54)34-24-30(34)4)44(55)53-19-14-16-39(49-53)45(56)58-29-46(6,7)27-37-35-25-32(11-2)17-18-40(35)52(12-3)42(37)36-26-33(28-47-41(36)31(5)57-9)51-22-20-50(8)21-23-51/h10-11,17-18,25-26,28,30-31,34,38-39,49H,1-2,12-16,19-24,27,29H2,3-9H3,(H,48,54)/t30-,31-,34-,38-,39-/m0/s1. The average Bonchev–Trinajstić information content (AvgIpc) is 3.90. The first-order chi connectivity index (χ1) is 27.8. The minimum absolute atomic E-state index is 0.0436. The number of benzene rings is 1. The number of nitrogens with zero attached hydrogens (tertiary/aromatic N) is 5. The van der Waals surface area contributed by atoms with Crippen molar-refractivity contribution in [1.82, 2.24) is 30.2 Å². The average molecular weight is 796 g/mol. The number of hydrogen-bond donors (Lipinski definition) is 2. The van der Waals surface area contributed by atoms with Crippen LogP contribution in [0.3, 0.4) is 0 Å². The molecule has 2 aromatic heterocycles. The van der Waals surface area contributed by atoms with Gasteiger partial charge in [-0.15, -0.1) is 6.58 Å². The third-order valence-electron chi connectivity index (χ3n) is 12.2. The number of carbonyl (C=O) groups excluding carboxylic acids is 3. The van der Waals surface area contributed by atoms with Crippen LogP contribution in [0.4, 0.5) is 5.69 Å². The van der Waals surface area contributed by atoms with Gasteiger partial charge in [0.2, 0.25) is 5.91 Å². The van der Waals surface area contributed by atoms with E-state index in [-0.39, 0.29) is 30.4 Å². The molecule has 58 heavy (non-hydrogen) atoms. The second-order valence-electron chi connectivity index (χ2n) is 17.4. The van der Waals surface area contributed by atoms with Crippen molar-refractivity contribution in [2.75, 3.05) is 58.4 Å². The lowest BCUT2D eigenvalue weighted by atomic mass is 9.84. The van der Waals surface area contributed by atoms with Crippen LogP contribution in [-0.4, -0.2) is 103 Å². The van der Waals surface area contributed by atoms with Gasteiger partial charge >= 0.3 is 5.97 Å². The van der Waals surface area contributed by atoms with E-state index in [0.717, 1.165) is 83.8 Å². The number of pyridine rings is 1. The van der Waals surface area contributed by atoms with Crippen LogP contribution in [0.1, 0.15) is 89.6 Å². The highest BCUT2D eigenvalue weighted by Gasteiger charge is 2.41. The number of amides is 2. The van der Waals surface area contributed by atoms with Gasteiger partial charge in [-0.1, -0.05) is 45.6 Å². The number of aryl methyl sites for hydroxylation is 1. The highest BCUT2D eigenvalue weighted by molar-refractivity contribution is 5.94. The number of piperazine rings is 1. The van der Waals surface area contributed by atoms with Crippen LogP contribution in [0.5, 0.6) is 0 Å². The van der Waals surface area contributed by atoms with Gasteiger partial charge < -0.3 is 29.2 Å². The minimum atomic E-state index is -0.689. The second kappa shape index (κ2) is 18.6. The molecule has 5 atom stereocenters. The molecule has 0 bridgehead atoms. The molecule has 3 fully saturated rings. The summed E-state index contributed by atoms with van der Waals surface area (Å²) >= 11 is 0. The Bertz CT molecular complexity index is 1980. The van der Waals surface area contributed by atoms with Gasteiger partial charge in [0, 0.05) is 74.2 Å². The zero-order valence-corrected chi connectivity index (χ0v) is 35.8. The van der Waals surface area contributed by atoms with Gasteiger partial charge in [-0.05, 0) is 94.7 Å². The van der Waals surface area contributed by atoms with E-state index in [1.54, 1.807) is 13.2 Å². The molecular formula is C46H65N7O5. The number of anilines is 1. The molecule has 12 heteroatoms. The number of carbonyl (C=O) groups is 3. The number of hydrazine groups is 1. The van der Waals surface area contributed by atoms with Gasteiger partial charge in [0.05, 0.1) is 36.0 Å². The van der Waals surface area contributed by atoms with Gasteiger partial charge in [0.25, 0.3) is 5.91 Å². The van der Waals surface area contributed by atoms with E-state index in [4.69, 9.17) is 14.5 Å². The number of rotatable bonds is 17. The summed E-state index contributed by atoms with van der Waals surface area (Å²) in [6.07, 6.45) is 9.04. The summed E-state index contributed by atoms with van der Waals surface area (Å²) in [5.74, 6) is -0.430. The number of ether oxygens (including phenoxy) is 2. The van der Waals surface area contributed by atoms with E-state index < -0.39 is 23.5 Å². The van der Waals surface area contributed by atoms with E-state index in [0.29, 0.717) is 44.6 Å². The minimum Gasteiger partial charge on any atom is -0.464 e. The summed E-state index contributed by atoms with van der Waals surface area (Å²) in [6.45, 7) is 23.6. The van der Waals surface area contributed by atoms with Crippen LogP contribution in [0.25, 0.3) is 28.2 Å². The molecule has 2 aliphatic heterocycles. The Morgan fingerprint density at radius 3 is 2.52 bits per heavy atom. The van der Waals surface area contributed by atoms with E-state index in [9.17, 15) is 14.4 Å². The summed E-state index contributed by atoms with van der Waals surface area (Å²) in [4.78, 5) is 50.1. The number of allylic oxidation sites excluding steroid dienone is 1. The van der Waals surface area contributed by atoms with Crippen LogP contribution >= 0.6 is 0 Å². The maximum atomic E-state index is 13.8. The Morgan fingerprint density at radius 1 is 1.12 bits per heavy atom. The summed E-state index contributed by atoms with van der Waals surface area (Å²) in [7, 11) is 3.88. The molecule has 2 N–H and O–H groups in total. The molecule has 3 aromatic rings. The fourth-order valence-electron chi connectivity index (χ4n) is 8.42. The molecule has 0 unspecified atom stereocenters. The predicted molar refractivity (Wildman–Crippen MR) is 231 cm³/mol. The molecule has 4 heterocycles. The second-order valence-corrected chi connectivity index (χ2v) is 17.4. The van der Waals surface area contributed by atoms with Crippen molar-refractivity contribution in [2.45, 2.75) is 97.9 Å². The van der Waals surface area contributed by atoms with Gasteiger partial charge in [-0.25, -0.2) is 5.43 Å². The Balaban J connectivity index is 1.25. The largest absolute Gasteiger partial charge is 0.464 e. The fraction of sp³-hybridized carbons (Fsp3) is 0.565. The van der Waals surface area contributed by atoms with Crippen molar-refractivity contribution in [3.8, 4) is 11.3 Å². The van der Waals surface area contributed by atoms with Crippen LogP contribution < -0.4 is 15.6 Å². The molecule has 1 saturated carbocycles. The van der Waals surface area contributed by atoms with E-state index in [1.807, 2.05) is 26.1 Å². The van der Waals surface area contributed by atoms with Gasteiger partial charge in [-0.2, -0.15) is 0 Å². The molecule has 2 amide bonds. The molecule has 0 spiro atoms. The highest BCUT2D eigenvalue weighted by Crippen LogP contribution is 2.42. The van der Waals surface area contributed by atoms with Crippen molar-refractivity contribution in [1.29, 1.82) is 0 Å². The number of methoxy groups -OCH3 is 1. The van der Waals surface area contributed by atoms with Gasteiger partial charge in [0.1, 0.15) is 12.1 Å². The molecule has 6 rings (SSSR count). The third kappa shape index (κ3) is 9.67. The summed E-state index contributed by atoms with van der Waals surface area (Å²) in [5.41, 5.74) is 10.1. The van der Waals surface area contributed by atoms with E-state index >= 15 is 0 Å². The summed E-state index contributed by atoms with van der Waals surface area (Å²) in [6, 6.07) is 7.41. The first-order valence-corrected chi connectivity index (χ1v) is 21.2. The fourth-order valence-corrected chi connectivity index (χ4v) is 8.42. The lowest BCUT2D eigenvalue weighted by Crippen LogP contribution is -2.60. The Hall–Kier alpha value is -4.52. The number of hydrogen-bond acceptors (Lipinski definition) is 9. The van der Waals surface area contributed by atoms with Crippen molar-refractivity contribution in [2.24, 2.45) is 17.3 Å². The number of fused-ring (bicyclic) bond motifs is 1. The highest BCUT2D eigenvalue weighted by atomic mass is 16.5. The van der Waals surface area contributed by atoms with Crippen LogP contribution in [-0.2, 0) is 36.8 Å². The number of likely N-dealkylation sites (N-methyl/N-ethyl adjacent to an activating group) is 1. The Morgan fingerprint density at radius 2 is 1.86 bits per heavy atom. The monoisotopic (exact) mass is 796 g/mol. The molecular weight excluding hydrogens is 731 g/mol. The first kappa shape index (κ1) is 43.1. The maximum Gasteiger partial charge on any atom is 0.324 e. The van der Waals surface area contributed by atoms with Crippen molar-refractivity contribution < 1.29 is 23.9 Å². The molecule has 12 nitrogen and oxygen atoms in total. The zero-order chi connectivity index (χ0) is 41.7. The lowest BCUT2D eigenvalue weighted by Gasteiger charge is -2.35. The third-order valence-corrected chi connectivity index (χ3v) is 12.2. The van der Waals surface area contributed by atoms with Crippen LogP contribution in [0, 0.1) is 17.3 Å². The Labute approximate surface area is 345 Å². The Kier molecular flexibility index (Phi) is 13.8. The molecule has 3 aliphatic rings. The SMILES string of the molecule is C=CCC[C@H](NC(=O)[C@H]1C[C@@H]1C)C(=O)N1CCC[C@@H](C(=O)OCC(C)(C)Cc2c(-c3cc(N4CCN(C)CC4)cnc3[C@H](C)OC)n(CC)c3ccc(C=C)cc23)N1. The first-order valence-electron chi connectivity index (χ1n) is 21.2. The van der Waals surface area contributed by atoms with E-state index in [1.165, 1.54) is 5.01 Å². The van der Waals surface area contributed by atoms with Gasteiger partial charge in [0.15, 0.2) is 0 Å². The zero-order valence-electron chi connectivity index (χ0n) is 35.8. The predicted octanol–water partition coefficient (Wildman–Crippen LogP) is 6.54. The van der Waals surface area contributed by atoms with Crippen molar-refractivity contribution in [3.63, 3.8) is 0 Å². The van der Waals surface area contributed by atoms with Crippen LogP contribution in [0.15, 0.2) is 49.7 Å². The quantitative estimate of drug-likeness (QED) is 0.116. The van der Waals surface area contributed by atoms with Crippen molar-refractivity contribution in [3.05, 3.63) is 66.5 Å².